The van der Waals surface area contributed by atoms with E-state index >= 15 is 0 Å². The zero-order valence-corrected chi connectivity index (χ0v) is 69.0. The van der Waals surface area contributed by atoms with Gasteiger partial charge in [-0.1, -0.05) is 288 Å². The fraction of sp³-hybridized carbons (Fsp3) is 0.640. The van der Waals surface area contributed by atoms with Gasteiger partial charge in [0.25, 0.3) is 0 Å². The van der Waals surface area contributed by atoms with Gasteiger partial charge in [0.15, 0.2) is 12.2 Å². The summed E-state index contributed by atoms with van der Waals surface area (Å²) in [6.45, 7) is 4.56. The van der Waals surface area contributed by atoms with Gasteiger partial charge in [0.2, 0.25) is 0 Å². The molecule has 3 N–H and O–H groups in total. The second kappa shape index (κ2) is 79.5. The first-order chi connectivity index (χ1) is 52.7. The molecule has 19 heteroatoms. The summed E-state index contributed by atoms with van der Waals surface area (Å²) in [5, 5.41) is 10.7. The predicted molar refractivity (Wildman–Crippen MR) is 445 cm³/mol. The van der Waals surface area contributed by atoms with E-state index in [0.29, 0.717) is 44.9 Å². The second-order valence-electron chi connectivity index (χ2n) is 27.0. The maximum atomic E-state index is 13.1. The van der Waals surface area contributed by atoms with E-state index in [1.807, 2.05) is 42.5 Å². The van der Waals surface area contributed by atoms with Gasteiger partial charge in [-0.25, -0.2) is 9.13 Å². The van der Waals surface area contributed by atoms with Crippen molar-refractivity contribution in [3.63, 3.8) is 0 Å². The summed E-state index contributed by atoms with van der Waals surface area (Å²) < 4.78 is 68.5. The molecule has 0 fully saturated rings. The lowest BCUT2D eigenvalue weighted by atomic mass is 10.1. The highest BCUT2D eigenvalue weighted by atomic mass is 31.2. The number of aliphatic hydroxyl groups is 1. The molecule has 614 valence electrons. The third kappa shape index (κ3) is 78.5. The van der Waals surface area contributed by atoms with Crippen molar-refractivity contribution >= 4 is 39.5 Å². The number of hydrogen-bond acceptors (Lipinski definition) is 15. The van der Waals surface area contributed by atoms with Gasteiger partial charge in [0.05, 0.1) is 26.4 Å². The maximum Gasteiger partial charge on any atom is 0.472 e. The fourth-order valence-electron chi connectivity index (χ4n) is 10.3. The molecule has 0 aromatic carbocycles. The van der Waals surface area contributed by atoms with E-state index in [2.05, 4.69) is 155 Å². The number of unbranched alkanes of at least 4 members (excludes halogenated alkanes) is 22. The van der Waals surface area contributed by atoms with E-state index in [1.165, 1.54) is 83.5 Å². The highest BCUT2D eigenvalue weighted by Crippen LogP contribution is 2.45. The molecule has 0 spiro atoms. The van der Waals surface area contributed by atoms with E-state index in [-0.39, 0.29) is 25.7 Å². The first-order valence-electron chi connectivity index (χ1n) is 41.4. The molecule has 0 radical (unpaired) electrons. The minimum atomic E-state index is -5.02. The predicted octanol–water partition coefficient (Wildman–Crippen LogP) is 24.6. The Kier molecular flexibility index (Phi) is 75.4. The van der Waals surface area contributed by atoms with Crippen molar-refractivity contribution < 1.29 is 80.2 Å². The van der Waals surface area contributed by atoms with E-state index < -0.39 is 97.5 Å². The molecule has 0 bridgehead atoms. The average Bonchev–Trinajstić information content (AvgIpc) is 0.906. The smallest absolute Gasteiger partial charge is 0.462 e. The van der Waals surface area contributed by atoms with Crippen LogP contribution in [0.15, 0.2) is 170 Å². The van der Waals surface area contributed by atoms with E-state index in [9.17, 15) is 43.2 Å². The van der Waals surface area contributed by atoms with Gasteiger partial charge >= 0.3 is 39.5 Å². The lowest BCUT2D eigenvalue weighted by Gasteiger charge is -2.21. The number of carbonyl (C=O) groups is 4. The van der Waals surface area contributed by atoms with Gasteiger partial charge in [-0.15, -0.1) is 0 Å². The molecule has 0 rings (SSSR count). The van der Waals surface area contributed by atoms with E-state index in [1.54, 1.807) is 0 Å². The summed E-state index contributed by atoms with van der Waals surface area (Å²) in [6.07, 6.45) is 95.0. The molecule has 0 aliphatic carbocycles. The van der Waals surface area contributed by atoms with Gasteiger partial charge in [-0.3, -0.25) is 37.3 Å². The Hall–Kier alpha value is -5.58. The average molecular weight is 1550 g/mol. The molecule has 0 aliphatic heterocycles. The zero-order chi connectivity index (χ0) is 78.9. The molecule has 0 aliphatic rings. The molecular formula is C89H146O17P2. The third-order valence-corrected chi connectivity index (χ3v) is 18.5. The lowest BCUT2D eigenvalue weighted by molar-refractivity contribution is -0.161. The molecule has 0 aromatic heterocycles. The number of ether oxygens (including phenoxy) is 4. The van der Waals surface area contributed by atoms with Crippen molar-refractivity contribution in [3.8, 4) is 0 Å². The molecule has 0 aromatic rings. The number of carbonyl (C=O) groups excluding carboxylic acids is 4. The standard InChI is InChI=1S/C89H146O17P2/c1-5-9-13-17-21-25-29-33-37-40-41-44-47-50-54-58-62-66-70-74-87(92)100-80-85(106-89(94)76-72-68-64-60-56-52-48-43-39-35-31-27-23-19-15-11-7-3)82-104-108(97,98)102-78-83(90)77-101-107(95,96)103-81-84(105-88(93)75-71-67-63-59-55-51-45-36-32-28-24-20-16-12-8-4)79-99-86(91)73-69-65-61-57-53-49-46-42-38-34-30-26-22-18-14-10-6-2/h21-23,25-28,32-35,37-39,41,44,46,48-50,52,54,57,60-62,64,66,83-85,90H,5-20,24,29-31,36,40,42-43,45,47,51,53,55-56,58-59,63,65,67-82H2,1-4H3,(H,95,96)(H,97,98)/b25-21-,26-22-,27-23-,32-28-,37-33-,38-34-,39-35-,44-41-,49-46-,52-48-,54-50-,61-57-,64-60-,66-62-/t83-,84+,85+/m0/s1. The van der Waals surface area contributed by atoms with Crippen LogP contribution in [0.1, 0.15) is 310 Å². The van der Waals surface area contributed by atoms with Gasteiger partial charge in [-0.2, -0.15) is 0 Å². The summed E-state index contributed by atoms with van der Waals surface area (Å²) >= 11 is 0. The summed E-state index contributed by atoms with van der Waals surface area (Å²) in [5.74, 6) is -2.42. The van der Waals surface area contributed by atoms with Crippen LogP contribution in [0, 0.1) is 0 Å². The lowest BCUT2D eigenvalue weighted by Crippen LogP contribution is -2.30. The highest BCUT2D eigenvalue weighted by Gasteiger charge is 2.30. The van der Waals surface area contributed by atoms with Crippen LogP contribution < -0.4 is 0 Å². The summed E-state index contributed by atoms with van der Waals surface area (Å²) in [5.41, 5.74) is 0. The minimum absolute atomic E-state index is 0.00348. The van der Waals surface area contributed by atoms with Gasteiger partial charge in [-0.05, 0) is 167 Å². The SMILES string of the molecule is CCCCC/C=C\C/C=C\C/C=C\C/C=C\C/C=C\CCC(=O)OC[C@H](COP(=O)(O)OC[C@@H](O)COP(=O)(O)OC[C@@H](COC(=O)CCC/C=C\C/C=C\C/C=C\C/C=C\CCCCC)OC(=O)CCCCCCCCC/C=C\CCCCCC)OC(=O)CCC/C=C\C/C=C\C/C=C\C/C=C\CCCCC. The normalized spacial score (nSPS) is 14.7. The van der Waals surface area contributed by atoms with Crippen molar-refractivity contribution in [2.75, 3.05) is 39.6 Å². The fourth-order valence-corrected chi connectivity index (χ4v) is 11.9. The van der Waals surface area contributed by atoms with Crippen LogP contribution in [0.25, 0.3) is 0 Å². The molecule has 0 amide bonds. The third-order valence-electron chi connectivity index (χ3n) is 16.6. The Morgan fingerprint density at radius 1 is 0.259 bits per heavy atom. The van der Waals surface area contributed by atoms with Crippen LogP contribution in [-0.2, 0) is 65.4 Å². The van der Waals surface area contributed by atoms with Crippen molar-refractivity contribution in [2.24, 2.45) is 0 Å². The molecular weight excluding hydrogens is 1400 g/mol. The van der Waals surface area contributed by atoms with Crippen molar-refractivity contribution in [1.82, 2.24) is 0 Å². The minimum Gasteiger partial charge on any atom is -0.462 e. The quantitative estimate of drug-likeness (QED) is 0.0169. The summed E-state index contributed by atoms with van der Waals surface area (Å²) in [7, 11) is -10.0. The Labute approximate surface area is 654 Å². The number of hydrogen-bond donors (Lipinski definition) is 3. The first kappa shape index (κ1) is 102. The van der Waals surface area contributed by atoms with E-state index in [4.69, 9.17) is 37.0 Å². The van der Waals surface area contributed by atoms with Crippen molar-refractivity contribution in [2.45, 2.75) is 329 Å². The molecule has 17 nitrogen and oxygen atoms in total. The Bertz CT molecular complexity index is 2710. The number of esters is 4. The topological polar surface area (TPSA) is 237 Å². The number of phosphoric ester groups is 2. The molecule has 0 saturated carbocycles. The summed E-state index contributed by atoms with van der Waals surface area (Å²) in [6, 6.07) is 0. The molecule has 108 heavy (non-hydrogen) atoms. The van der Waals surface area contributed by atoms with Crippen LogP contribution in [0.2, 0.25) is 0 Å². The van der Waals surface area contributed by atoms with E-state index in [0.717, 1.165) is 128 Å². The number of aliphatic hydroxyl groups excluding tert-OH is 1. The van der Waals surface area contributed by atoms with Gasteiger partial charge in [0.1, 0.15) is 19.3 Å². The molecule has 0 saturated heterocycles. The largest absolute Gasteiger partial charge is 0.472 e. The Morgan fingerprint density at radius 3 is 0.815 bits per heavy atom. The molecule has 0 heterocycles. The Morgan fingerprint density at radius 2 is 0.481 bits per heavy atom. The molecule has 2 unspecified atom stereocenters. The first-order valence-corrected chi connectivity index (χ1v) is 44.4. The number of allylic oxidation sites excluding steroid dienone is 28. The van der Waals surface area contributed by atoms with Gasteiger partial charge < -0.3 is 33.8 Å². The van der Waals surface area contributed by atoms with Crippen LogP contribution in [-0.4, -0.2) is 96.7 Å². The summed E-state index contributed by atoms with van der Waals surface area (Å²) in [4.78, 5) is 73.1. The molecule has 5 atom stereocenters. The second-order valence-corrected chi connectivity index (χ2v) is 29.9. The monoisotopic (exact) mass is 1550 g/mol. The van der Waals surface area contributed by atoms with Gasteiger partial charge in [0, 0.05) is 25.7 Å². The maximum absolute atomic E-state index is 13.1. The van der Waals surface area contributed by atoms with Crippen LogP contribution >= 0.6 is 15.6 Å². The van der Waals surface area contributed by atoms with Crippen molar-refractivity contribution in [1.29, 1.82) is 0 Å². The Balaban J connectivity index is 5.55. The zero-order valence-electron chi connectivity index (χ0n) is 67.2. The highest BCUT2D eigenvalue weighted by molar-refractivity contribution is 7.47. The number of phosphoric acid groups is 2. The number of rotatable bonds is 76. The van der Waals surface area contributed by atoms with Crippen LogP contribution in [0.3, 0.4) is 0 Å². The van der Waals surface area contributed by atoms with Crippen LogP contribution in [0.4, 0.5) is 0 Å². The van der Waals surface area contributed by atoms with Crippen LogP contribution in [0.5, 0.6) is 0 Å². The van der Waals surface area contributed by atoms with Crippen molar-refractivity contribution in [3.05, 3.63) is 170 Å².